The molecule has 4 N–H and O–H groups in total. The van der Waals surface area contributed by atoms with Crippen molar-refractivity contribution in [3.05, 3.63) is 17.2 Å². The van der Waals surface area contributed by atoms with Crippen LogP contribution in [0.2, 0.25) is 5.02 Å². The summed E-state index contributed by atoms with van der Waals surface area (Å²) in [6.45, 7) is 2.03. The van der Waals surface area contributed by atoms with Gasteiger partial charge in [-0.15, -0.1) is 11.8 Å². The molecule has 4 nitrogen and oxygen atoms in total. The third-order valence-electron chi connectivity index (χ3n) is 1.83. The van der Waals surface area contributed by atoms with Crippen molar-refractivity contribution in [2.24, 2.45) is 5.14 Å². The molecule has 1 aromatic carbocycles. The first-order chi connectivity index (χ1) is 7.36. The zero-order valence-electron chi connectivity index (χ0n) is 8.73. The molecule has 0 spiro atoms. The first kappa shape index (κ1) is 13.6. The normalized spacial score (nSPS) is 11.7. The predicted molar refractivity (Wildman–Crippen MR) is 68.3 cm³/mol. The van der Waals surface area contributed by atoms with E-state index < -0.39 is 10.0 Å². The zero-order chi connectivity index (χ0) is 12.3. The number of rotatable bonds is 4. The van der Waals surface area contributed by atoms with E-state index in [1.165, 1.54) is 23.9 Å². The second-order valence-corrected chi connectivity index (χ2v) is 6.29. The maximum atomic E-state index is 11.2. The monoisotopic (exact) mass is 280 g/mol. The molecule has 0 radical (unpaired) electrons. The largest absolute Gasteiger partial charge is 0.398 e. The number of benzene rings is 1. The van der Waals surface area contributed by atoms with Gasteiger partial charge in [0, 0.05) is 4.90 Å². The van der Waals surface area contributed by atoms with E-state index in [4.69, 9.17) is 22.5 Å². The first-order valence-corrected chi connectivity index (χ1v) is 7.52. The van der Waals surface area contributed by atoms with Crippen LogP contribution in [0.4, 0.5) is 5.69 Å². The predicted octanol–water partition coefficient (Wildman–Crippen LogP) is 2.07. The molecule has 16 heavy (non-hydrogen) atoms. The van der Waals surface area contributed by atoms with Crippen LogP contribution >= 0.6 is 23.4 Å². The highest BCUT2D eigenvalue weighted by Gasteiger charge is 2.15. The van der Waals surface area contributed by atoms with Crippen molar-refractivity contribution >= 4 is 39.1 Å². The molecule has 0 bridgehead atoms. The van der Waals surface area contributed by atoms with Crippen molar-refractivity contribution in [2.45, 2.75) is 23.1 Å². The van der Waals surface area contributed by atoms with Crippen molar-refractivity contribution in [3.63, 3.8) is 0 Å². The summed E-state index contributed by atoms with van der Waals surface area (Å²) in [5, 5.41) is 5.49. The molecule has 0 saturated carbocycles. The van der Waals surface area contributed by atoms with Gasteiger partial charge in [-0.05, 0) is 24.3 Å². The van der Waals surface area contributed by atoms with E-state index in [0.717, 1.165) is 12.2 Å². The zero-order valence-corrected chi connectivity index (χ0v) is 11.1. The van der Waals surface area contributed by atoms with Crippen molar-refractivity contribution in [1.82, 2.24) is 0 Å². The quantitative estimate of drug-likeness (QED) is 0.653. The Morgan fingerprint density at radius 1 is 1.44 bits per heavy atom. The van der Waals surface area contributed by atoms with Crippen LogP contribution in [0, 0.1) is 0 Å². The molecule has 0 aromatic heterocycles. The van der Waals surface area contributed by atoms with Gasteiger partial charge in [-0.25, -0.2) is 13.6 Å². The van der Waals surface area contributed by atoms with Gasteiger partial charge in [-0.1, -0.05) is 18.5 Å². The Kier molecular flexibility index (Phi) is 4.49. The van der Waals surface area contributed by atoms with Crippen LogP contribution in [0.15, 0.2) is 21.9 Å². The fraction of sp³-hybridized carbons (Fsp3) is 0.333. The minimum atomic E-state index is -3.79. The average molecular weight is 281 g/mol. The number of hydrogen-bond acceptors (Lipinski definition) is 4. The van der Waals surface area contributed by atoms with Gasteiger partial charge in [0.1, 0.15) is 4.90 Å². The van der Waals surface area contributed by atoms with Gasteiger partial charge < -0.3 is 5.73 Å². The molecule has 0 aliphatic heterocycles. The molecule has 0 atom stereocenters. The number of primary sulfonamides is 1. The van der Waals surface area contributed by atoms with Crippen LogP contribution in [0.3, 0.4) is 0 Å². The van der Waals surface area contributed by atoms with Crippen molar-refractivity contribution < 1.29 is 8.42 Å². The Hall–Kier alpha value is -0.430. The summed E-state index contributed by atoms with van der Waals surface area (Å²) in [5.41, 5.74) is 5.63. The Labute approximate surface area is 104 Å². The van der Waals surface area contributed by atoms with E-state index in [-0.39, 0.29) is 10.6 Å². The summed E-state index contributed by atoms with van der Waals surface area (Å²) in [5.74, 6) is 0.855. The molecule has 0 unspecified atom stereocenters. The number of anilines is 1. The Morgan fingerprint density at radius 2 is 2.06 bits per heavy atom. The van der Waals surface area contributed by atoms with E-state index in [1.807, 2.05) is 6.92 Å². The molecule has 1 rings (SSSR count). The number of nitrogens with two attached hydrogens (primary N) is 2. The summed E-state index contributed by atoms with van der Waals surface area (Å²) in [4.78, 5) is 0.609. The third-order valence-corrected chi connectivity index (χ3v) is 4.49. The number of thioether (sulfide) groups is 1. The highest BCUT2D eigenvalue weighted by molar-refractivity contribution is 7.99. The van der Waals surface area contributed by atoms with Gasteiger partial charge in [0.15, 0.2) is 0 Å². The van der Waals surface area contributed by atoms with Gasteiger partial charge in [-0.3, -0.25) is 0 Å². The number of sulfonamides is 1. The lowest BCUT2D eigenvalue weighted by atomic mass is 10.3. The highest BCUT2D eigenvalue weighted by Crippen LogP contribution is 2.33. The maximum Gasteiger partial charge on any atom is 0.240 e. The van der Waals surface area contributed by atoms with Crippen LogP contribution in [-0.4, -0.2) is 14.2 Å². The summed E-state index contributed by atoms with van der Waals surface area (Å²) in [7, 11) is -3.79. The number of nitrogen functional groups attached to an aromatic ring is 1. The number of hydrogen-bond donors (Lipinski definition) is 2. The van der Waals surface area contributed by atoms with E-state index in [0.29, 0.717) is 9.92 Å². The molecule has 1 aromatic rings. The summed E-state index contributed by atoms with van der Waals surface area (Å²) in [6, 6.07) is 2.84. The fourth-order valence-corrected chi connectivity index (χ4v) is 3.02. The molecule has 0 aliphatic rings. The summed E-state index contributed by atoms with van der Waals surface area (Å²) < 4.78 is 22.5. The molecule has 90 valence electrons. The lowest BCUT2D eigenvalue weighted by Gasteiger charge is -2.08. The minimum absolute atomic E-state index is 0.0736. The highest BCUT2D eigenvalue weighted by atomic mass is 35.5. The first-order valence-electron chi connectivity index (χ1n) is 4.61. The van der Waals surface area contributed by atoms with Crippen molar-refractivity contribution in [2.75, 3.05) is 11.5 Å². The van der Waals surface area contributed by atoms with E-state index in [9.17, 15) is 8.42 Å². The maximum absolute atomic E-state index is 11.2. The van der Waals surface area contributed by atoms with Gasteiger partial charge in [-0.2, -0.15) is 0 Å². The summed E-state index contributed by atoms with van der Waals surface area (Å²) >= 11 is 7.43. The standard InChI is InChI=1S/C9H13ClN2O2S2/c1-2-3-15-8-5-9(16(12,13)14)7(11)4-6(8)10/h4-5H,2-3,11H2,1H3,(H2,12,13,14). The lowest BCUT2D eigenvalue weighted by Crippen LogP contribution is -2.14. The summed E-state index contributed by atoms with van der Waals surface area (Å²) in [6.07, 6.45) is 0.968. The van der Waals surface area contributed by atoms with Crippen LogP contribution in [0.5, 0.6) is 0 Å². The van der Waals surface area contributed by atoms with Gasteiger partial charge in [0.05, 0.1) is 10.7 Å². The van der Waals surface area contributed by atoms with Crippen LogP contribution in [-0.2, 0) is 10.0 Å². The lowest BCUT2D eigenvalue weighted by molar-refractivity contribution is 0.598. The minimum Gasteiger partial charge on any atom is -0.398 e. The molecule has 0 heterocycles. The van der Waals surface area contributed by atoms with Gasteiger partial charge in [0.25, 0.3) is 0 Å². The Bertz CT molecular complexity index is 489. The van der Waals surface area contributed by atoms with Gasteiger partial charge in [0.2, 0.25) is 10.0 Å². The molecule has 0 fully saturated rings. The third kappa shape index (κ3) is 3.28. The van der Waals surface area contributed by atoms with E-state index in [2.05, 4.69) is 0 Å². The Balaban J connectivity index is 3.22. The smallest absolute Gasteiger partial charge is 0.240 e. The van der Waals surface area contributed by atoms with E-state index >= 15 is 0 Å². The fourth-order valence-electron chi connectivity index (χ4n) is 1.12. The Morgan fingerprint density at radius 3 is 2.56 bits per heavy atom. The topological polar surface area (TPSA) is 86.2 Å². The molecule has 0 amide bonds. The molecule has 0 aliphatic carbocycles. The van der Waals surface area contributed by atoms with Crippen LogP contribution < -0.4 is 10.9 Å². The van der Waals surface area contributed by atoms with Crippen LogP contribution in [0.1, 0.15) is 13.3 Å². The van der Waals surface area contributed by atoms with Crippen molar-refractivity contribution in [1.29, 1.82) is 0 Å². The average Bonchev–Trinajstić information content (AvgIpc) is 2.14. The molecular formula is C9H13ClN2O2S2. The van der Waals surface area contributed by atoms with E-state index in [1.54, 1.807) is 0 Å². The molecular weight excluding hydrogens is 268 g/mol. The van der Waals surface area contributed by atoms with Crippen LogP contribution in [0.25, 0.3) is 0 Å². The molecule has 7 heteroatoms. The second kappa shape index (κ2) is 5.27. The number of halogens is 1. The SMILES string of the molecule is CCCSc1cc(S(N)(=O)=O)c(N)cc1Cl. The second-order valence-electron chi connectivity index (χ2n) is 3.21. The van der Waals surface area contributed by atoms with Crippen molar-refractivity contribution in [3.8, 4) is 0 Å². The van der Waals surface area contributed by atoms with Gasteiger partial charge >= 0.3 is 0 Å². The molecule has 0 saturated heterocycles.